The van der Waals surface area contributed by atoms with Gasteiger partial charge in [-0.25, -0.2) is 0 Å². The van der Waals surface area contributed by atoms with E-state index in [0.717, 1.165) is 32.0 Å². The molecule has 112 valence electrons. The van der Waals surface area contributed by atoms with Crippen LogP contribution in [0.4, 0.5) is 5.82 Å². The highest BCUT2D eigenvalue weighted by molar-refractivity contribution is 5.38. The van der Waals surface area contributed by atoms with Gasteiger partial charge in [0.1, 0.15) is 0 Å². The Morgan fingerprint density at radius 2 is 2.30 bits per heavy atom. The average Bonchev–Trinajstić information content (AvgIpc) is 2.45. The first-order chi connectivity index (χ1) is 9.69. The molecule has 0 aliphatic carbocycles. The fraction of sp³-hybridized carbons (Fsp3) is 0.733. The van der Waals surface area contributed by atoms with Crippen molar-refractivity contribution < 1.29 is 4.74 Å². The van der Waals surface area contributed by atoms with Crippen LogP contribution in [0.1, 0.15) is 33.6 Å². The molecule has 2 heterocycles. The molecule has 1 aliphatic heterocycles. The van der Waals surface area contributed by atoms with E-state index in [0.29, 0.717) is 11.8 Å². The summed E-state index contributed by atoms with van der Waals surface area (Å²) in [6.45, 7) is 10.4. The molecule has 0 radical (unpaired) electrons. The molecule has 0 aromatic carbocycles. The molecule has 5 nitrogen and oxygen atoms in total. The van der Waals surface area contributed by atoms with Gasteiger partial charge in [0.2, 0.25) is 5.88 Å². The fourth-order valence-electron chi connectivity index (χ4n) is 2.58. The van der Waals surface area contributed by atoms with E-state index < -0.39 is 0 Å². The Hall–Kier alpha value is -1.36. The van der Waals surface area contributed by atoms with Gasteiger partial charge in [-0.05, 0) is 45.7 Å². The zero-order valence-corrected chi connectivity index (χ0v) is 12.8. The maximum atomic E-state index is 5.62. The second-order valence-corrected chi connectivity index (χ2v) is 5.64. The molecule has 2 rings (SSSR count). The Labute approximate surface area is 121 Å². The lowest BCUT2D eigenvalue weighted by Crippen LogP contribution is -2.40. The molecule has 0 spiro atoms. The molecule has 1 aromatic heterocycles. The largest absolute Gasteiger partial charge is 0.474 e. The Morgan fingerprint density at radius 3 is 3.05 bits per heavy atom. The van der Waals surface area contributed by atoms with Gasteiger partial charge in [0.25, 0.3) is 0 Å². The lowest BCUT2D eigenvalue weighted by Gasteiger charge is -2.33. The number of nitrogens with one attached hydrogen (secondary N) is 1. The predicted molar refractivity (Wildman–Crippen MR) is 81.3 cm³/mol. The number of rotatable bonds is 6. The van der Waals surface area contributed by atoms with Crippen molar-refractivity contribution >= 4 is 5.82 Å². The van der Waals surface area contributed by atoms with E-state index in [-0.39, 0.29) is 6.10 Å². The van der Waals surface area contributed by atoms with Crippen molar-refractivity contribution in [1.82, 2.24) is 15.3 Å². The van der Waals surface area contributed by atoms with Gasteiger partial charge < -0.3 is 15.0 Å². The maximum absolute atomic E-state index is 5.62. The van der Waals surface area contributed by atoms with Crippen LogP contribution in [0.25, 0.3) is 0 Å². The standard InChI is InChI=1S/C15H26N4O/c1-4-16-8-13-6-5-7-19(11-13)14-9-17-10-15(18-14)20-12(2)3/h9-10,12-13,16H,4-8,11H2,1-3H3. The van der Waals surface area contributed by atoms with Crippen LogP contribution in [0.3, 0.4) is 0 Å². The molecule has 1 unspecified atom stereocenters. The smallest absolute Gasteiger partial charge is 0.234 e. The molecule has 0 saturated carbocycles. The minimum atomic E-state index is 0.127. The van der Waals surface area contributed by atoms with Gasteiger partial charge in [0, 0.05) is 13.1 Å². The number of piperidine rings is 1. The van der Waals surface area contributed by atoms with Crippen LogP contribution in [-0.2, 0) is 0 Å². The van der Waals surface area contributed by atoms with Gasteiger partial charge in [-0.1, -0.05) is 6.92 Å². The summed E-state index contributed by atoms with van der Waals surface area (Å²) in [7, 11) is 0. The third kappa shape index (κ3) is 4.34. The Balaban J connectivity index is 1.99. The van der Waals surface area contributed by atoms with Crippen LogP contribution in [0.5, 0.6) is 5.88 Å². The first-order valence-electron chi connectivity index (χ1n) is 7.63. The monoisotopic (exact) mass is 278 g/mol. The number of hydrogen-bond acceptors (Lipinski definition) is 5. The number of ether oxygens (including phenoxy) is 1. The highest BCUT2D eigenvalue weighted by atomic mass is 16.5. The lowest BCUT2D eigenvalue weighted by molar-refractivity contribution is 0.231. The van der Waals surface area contributed by atoms with E-state index in [2.05, 4.69) is 27.1 Å². The van der Waals surface area contributed by atoms with E-state index in [4.69, 9.17) is 4.74 Å². The maximum Gasteiger partial charge on any atom is 0.234 e. The van der Waals surface area contributed by atoms with Crippen LogP contribution < -0.4 is 15.0 Å². The predicted octanol–water partition coefficient (Wildman–Crippen LogP) is 2.09. The Kier molecular flexibility index (Phi) is 5.59. The molecule has 1 aliphatic rings. The van der Waals surface area contributed by atoms with Gasteiger partial charge >= 0.3 is 0 Å². The molecule has 5 heteroatoms. The molecule has 1 saturated heterocycles. The summed E-state index contributed by atoms with van der Waals surface area (Å²) in [5, 5.41) is 3.44. The van der Waals surface area contributed by atoms with Gasteiger partial charge in [-0.15, -0.1) is 0 Å². The van der Waals surface area contributed by atoms with Gasteiger partial charge in [-0.2, -0.15) is 4.98 Å². The van der Waals surface area contributed by atoms with E-state index in [1.165, 1.54) is 12.8 Å². The second kappa shape index (κ2) is 7.43. The molecular formula is C15H26N4O. The molecule has 0 bridgehead atoms. The van der Waals surface area contributed by atoms with Crippen molar-refractivity contribution in [2.75, 3.05) is 31.1 Å². The van der Waals surface area contributed by atoms with Crippen LogP contribution >= 0.6 is 0 Å². The topological polar surface area (TPSA) is 50.3 Å². The second-order valence-electron chi connectivity index (χ2n) is 5.64. The average molecular weight is 278 g/mol. The van der Waals surface area contributed by atoms with E-state index in [9.17, 15) is 0 Å². The van der Waals surface area contributed by atoms with Crippen molar-refractivity contribution in [3.8, 4) is 5.88 Å². The van der Waals surface area contributed by atoms with Crippen molar-refractivity contribution in [2.45, 2.75) is 39.7 Å². The lowest BCUT2D eigenvalue weighted by atomic mass is 9.98. The van der Waals surface area contributed by atoms with E-state index in [1.54, 1.807) is 6.20 Å². The third-order valence-electron chi connectivity index (χ3n) is 3.48. The van der Waals surface area contributed by atoms with Gasteiger partial charge in [0.05, 0.1) is 18.5 Å². The number of nitrogens with zero attached hydrogens (tertiary/aromatic N) is 3. The van der Waals surface area contributed by atoms with E-state index >= 15 is 0 Å². The number of hydrogen-bond donors (Lipinski definition) is 1. The number of anilines is 1. The quantitative estimate of drug-likeness (QED) is 0.863. The van der Waals surface area contributed by atoms with Crippen molar-refractivity contribution in [1.29, 1.82) is 0 Å². The van der Waals surface area contributed by atoms with Crippen LogP contribution in [-0.4, -0.2) is 42.3 Å². The molecular weight excluding hydrogens is 252 g/mol. The van der Waals surface area contributed by atoms with Crippen LogP contribution in [0.2, 0.25) is 0 Å². The summed E-state index contributed by atoms with van der Waals surface area (Å²) < 4.78 is 5.62. The zero-order valence-electron chi connectivity index (χ0n) is 12.8. The normalized spacial score (nSPS) is 19.4. The summed E-state index contributed by atoms with van der Waals surface area (Å²) in [6.07, 6.45) is 6.15. The van der Waals surface area contributed by atoms with Crippen LogP contribution in [0, 0.1) is 5.92 Å². The minimum Gasteiger partial charge on any atom is -0.474 e. The first kappa shape index (κ1) is 15.0. The Morgan fingerprint density at radius 1 is 1.45 bits per heavy atom. The summed E-state index contributed by atoms with van der Waals surface area (Å²) in [5.41, 5.74) is 0. The number of aromatic nitrogens is 2. The molecule has 1 aromatic rings. The third-order valence-corrected chi connectivity index (χ3v) is 3.48. The summed E-state index contributed by atoms with van der Waals surface area (Å²) >= 11 is 0. The van der Waals surface area contributed by atoms with Gasteiger partial charge in [0.15, 0.2) is 5.82 Å². The first-order valence-corrected chi connectivity index (χ1v) is 7.63. The molecule has 0 amide bonds. The fourth-order valence-corrected chi connectivity index (χ4v) is 2.58. The Bertz CT molecular complexity index is 411. The summed E-state index contributed by atoms with van der Waals surface area (Å²) in [4.78, 5) is 11.2. The molecule has 20 heavy (non-hydrogen) atoms. The van der Waals surface area contributed by atoms with E-state index in [1.807, 2.05) is 20.0 Å². The van der Waals surface area contributed by atoms with Gasteiger partial charge in [-0.3, -0.25) is 4.98 Å². The molecule has 1 atom stereocenters. The SMILES string of the molecule is CCNCC1CCCN(c2cncc(OC(C)C)n2)C1. The van der Waals surface area contributed by atoms with Crippen LogP contribution in [0.15, 0.2) is 12.4 Å². The van der Waals surface area contributed by atoms with Crippen molar-refractivity contribution in [3.63, 3.8) is 0 Å². The van der Waals surface area contributed by atoms with Crippen molar-refractivity contribution in [2.24, 2.45) is 5.92 Å². The molecule has 1 fully saturated rings. The highest BCUT2D eigenvalue weighted by Gasteiger charge is 2.21. The van der Waals surface area contributed by atoms with Crippen molar-refractivity contribution in [3.05, 3.63) is 12.4 Å². The highest BCUT2D eigenvalue weighted by Crippen LogP contribution is 2.22. The minimum absolute atomic E-state index is 0.127. The summed E-state index contributed by atoms with van der Waals surface area (Å²) in [5.74, 6) is 2.25. The molecule has 1 N–H and O–H groups in total. The zero-order chi connectivity index (χ0) is 14.4. The summed E-state index contributed by atoms with van der Waals surface area (Å²) in [6, 6.07) is 0.